The van der Waals surface area contributed by atoms with Gasteiger partial charge in [0.25, 0.3) is 0 Å². The quantitative estimate of drug-likeness (QED) is 0.266. The molecule has 0 bridgehead atoms. The molecule has 0 aromatic carbocycles. The Hall–Kier alpha value is -2.36. The van der Waals surface area contributed by atoms with Gasteiger partial charge in [0.2, 0.25) is 8.30 Å². The van der Waals surface area contributed by atoms with E-state index in [9.17, 15) is 9.90 Å². The predicted octanol–water partition coefficient (Wildman–Crippen LogP) is 2.73. The van der Waals surface area contributed by atoms with Crippen LogP contribution in [0.1, 0.15) is 46.5 Å². The third-order valence-electron chi connectivity index (χ3n) is 5.30. The normalized spacial score (nSPS) is 18.2. The number of aliphatic carboxylic acids is 1. The Labute approximate surface area is 182 Å². The Balaban J connectivity index is 1.59. The molecule has 0 spiro atoms. The fourth-order valence-electron chi connectivity index (χ4n) is 3.44. The Bertz CT molecular complexity index is 916. The number of oxime groups is 1. The highest BCUT2D eigenvalue weighted by atomic mass is 31.2. The molecule has 3 atom stereocenters. The standard InChI is InChI=1S/C19H30N7O4P/c1-12(8-26-10-23-16-17(20)21-9-22-18(16)26)29-11-31(25-14(3)19(27)28)30-24-13(2)15-6-4-5-7-15/h9-10,12,14-15,25H,4-8,11H2,1-3H3,(H,27,28)(H2,20,21,22)/b24-13+/t12-,14+,31?/m1/s1. The van der Waals surface area contributed by atoms with Gasteiger partial charge in [0.1, 0.15) is 24.2 Å². The maximum Gasteiger partial charge on any atom is 0.320 e. The first-order chi connectivity index (χ1) is 14.8. The Morgan fingerprint density at radius 1 is 1.39 bits per heavy atom. The molecule has 2 aromatic heterocycles. The molecule has 2 heterocycles. The zero-order valence-electron chi connectivity index (χ0n) is 18.1. The largest absolute Gasteiger partial charge is 0.480 e. The highest BCUT2D eigenvalue weighted by Crippen LogP contribution is 2.35. The van der Waals surface area contributed by atoms with Crippen molar-refractivity contribution in [3.8, 4) is 0 Å². The van der Waals surface area contributed by atoms with E-state index in [4.69, 9.17) is 15.1 Å². The van der Waals surface area contributed by atoms with Crippen molar-refractivity contribution in [3.05, 3.63) is 12.7 Å². The molecule has 1 aliphatic rings. The lowest BCUT2D eigenvalue weighted by Crippen LogP contribution is -2.31. The number of carboxylic acid groups (broad SMARTS) is 1. The zero-order valence-corrected chi connectivity index (χ0v) is 19.0. The SMILES string of the molecule is C/C(=N\OP(CO[C@H](C)Cn1cnc2c(N)ncnc21)N[C@@H](C)C(=O)O)C1CCCC1. The van der Waals surface area contributed by atoms with Crippen molar-refractivity contribution < 1.29 is 19.3 Å². The van der Waals surface area contributed by atoms with E-state index in [-0.39, 0.29) is 12.5 Å². The summed E-state index contributed by atoms with van der Waals surface area (Å²) >= 11 is 0. The molecule has 3 rings (SSSR count). The number of hydrogen-bond donors (Lipinski definition) is 3. The molecule has 2 aromatic rings. The molecule has 4 N–H and O–H groups in total. The van der Waals surface area contributed by atoms with Gasteiger partial charge >= 0.3 is 5.97 Å². The van der Waals surface area contributed by atoms with E-state index in [0.29, 0.717) is 29.4 Å². The zero-order chi connectivity index (χ0) is 22.4. The number of nitrogens with zero attached hydrogens (tertiary/aromatic N) is 5. The van der Waals surface area contributed by atoms with E-state index in [1.165, 1.54) is 19.2 Å². The monoisotopic (exact) mass is 451 g/mol. The van der Waals surface area contributed by atoms with E-state index < -0.39 is 20.3 Å². The molecule has 1 fully saturated rings. The van der Waals surface area contributed by atoms with Crippen molar-refractivity contribution in [1.29, 1.82) is 0 Å². The molecular weight excluding hydrogens is 421 g/mol. The number of carbonyl (C=O) groups is 1. The lowest BCUT2D eigenvalue weighted by molar-refractivity contribution is -0.138. The van der Waals surface area contributed by atoms with Crippen LogP contribution >= 0.6 is 8.30 Å². The highest BCUT2D eigenvalue weighted by Gasteiger charge is 2.23. The third-order valence-corrected chi connectivity index (χ3v) is 6.63. The number of aromatic nitrogens is 4. The second-order valence-corrected chi connectivity index (χ2v) is 9.23. The van der Waals surface area contributed by atoms with Gasteiger partial charge in [-0.25, -0.2) is 20.0 Å². The third kappa shape index (κ3) is 6.32. The van der Waals surface area contributed by atoms with Crippen LogP contribution in [0.15, 0.2) is 17.8 Å². The van der Waals surface area contributed by atoms with E-state index in [0.717, 1.165) is 18.6 Å². The first-order valence-corrected chi connectivity index (χ1v) is 11.8. The van der Waals surface area contributed by atoms with Crippen LogP contribution in [0, 0.1) is 5.92 Å². The van der Waals surface area contributed by atoms with Crippen molar-refractivity contribution >= 4 is 37.0 Å². The van der Waals surface area contributed by atoms with Crippen molar-refractivity contribution in [2.24, 2.45) is 11.1 Å². The van der Waals surface area contributed by atoms with Gasteiger partial charge in [0.05, 0.1) is 24.7 Å². The van der Waals surface area contributed by atoms with Crippen LogP contribution in [0.2, 0.25) is 0 Å². The fourth-order valence-corrected chi connectivity index (χ4v) is 4.77. The number of ether oxygens (including phenoxy) is 1. The molecule has 0 amide bonds. The average molecular weight is 451 g/mol. The van der Waals surface area contributed by atoms with Gasteiger partial charge in [-0.1, -0.05) is 18.0 Å². The van der Waals surface area contributed by atoms with Crippen LogP contribution in [-0.2, 0) is 20.7 Å². The predicted molar refractivity (Wildman–Crippen MR) is 118 cm³/mol. The maximum absolute atomic E-state index is 11.3. The van der Waals surface area contributed by atoms with E-state index in [1.54, 1.807) is 13.3 Å². The lowest BCUT2D eigenvalue weighted by Gasteiger charge is -2.21. The van der Waals surface area contributed by atoms with Crippen molar-refractivity contribution in [3.63, 3.8) is 0 Å². The van der Waals surface area contributed by atoms with Gasteiger partial charge in [-0.05, 0) is 33.6 Å². The maximum atomic E-state index is 11.3. The summed E-state index contributed by atoms with van der Waals surface area (Å²) in [5, 5.41) is 16.5. The first kappa shape index (κ1) is 23.3. The molecule has 0 saturated heterocycles. The number of nitrogens with two attached hydrogens (primary N) is 1. The summed E-state index contributed by atoms with van der Waals surface area (Å²) in [5.74, 6) is -0.183. The second kappa shape index (κ2) is 10.8. The summed E-state index contributed by atoms with van der Waals surface area (Å²) < 4.78 is 13.5. The summed E-state index contributed by atoms with van der Waals surface area (Å²) in [5.41, 5.74) is 7.97. The number of fused-ring (bicyclic) bond motifs is 1. The minimum atomic E-state index is -1.43. The van der Waals surface area contributed by atoms with Gasteiger partial charge < -0.3 is 24.8 Å². The van der Waals surface area contributed by atoms with Crippen molar-refractivity contribution in [2.45, 2.75) is 65.1 Å². The number of nitrogen functional groups attached to an aromatic ring is 1. The molecule has 170 valence electrons. The summed E-state index contributed by atoms with van der Waals surface area (Å²) in [6.07, 6.45) is 7.70. The van der Waals surface area contributed by atoms with Gasteiger partial charge in [-0.15, -0.1) is 0 Å². The summed E-state index contributed by atoms with van der Waals surface area (Å²) in [6, 6.07) is -0.774. The minimum Gasteiger partial charge on any atom is -0.480 e. The minimum absolute atomic E-state index is 0.194. The van der Waals surface area contributed by atoms with Gasteiger partial charge in [-0.3, -0.25) is 4.79 Å². The number of hydrogen-bond acceptors (Lipinski definition) is 9. The van der Waals surface area contributed by atoms with Crippen molar-refractivity contribution in [2.75, 3.05) is 12.1 Å². The summed E-state index contributed by atoms with van der Waals surface area (Å²) in [4.78, 5) is 23.7. The number of rotatable bonds is 11. The summed E-state index contributed by atoms with van der Waals surface area (Å²) in [7, 11) is -1.43. The van der Waals surface area contributed by atoms with Crippen LogP contribution in [-0.4, -0.2) is 54.8 Å². The second-order valence-electron chi connectivity index (χ2n) is 7.80. The van der Waals surface area contributed by atoms with Gasteiger partial charge in [-0.2, -0.15) is 0 Å². The lowest BCUT2D eigenvalue weighted by atomic mass is 10.0. The van der Waals surface area contributed by atoms with E-state index >= 15 is 0 Å². The van der Waals surface area contributed by atoms with E-state index in [1.807, 2.05) is 18.4 Å². The topological polar surface area (TPSA) is 150 Å². The molecule has 1 aliphatic carbocycles. The molecule has 1 unspecified atom stereocenters. The van der Waals surface area contributed by atoms with E-state index in [2.05, 4.69) is 25.2 Å². The average Bonchev–Trinajstić information content (AvgIpc) is 3.41. The van der Waals surface area contributed by atoms with Crippen LogP contribution in [0.4, 0.5) is 5.82 Å². The Kier molecular flexibility index (Phi) is 8.11. The van der Waals surface area contributed by atoms with Crippen LogP contribution in [0.3, 0.4) is 0 Å². The highest BCUT2D eigenvalue weighted by molar-refractivity contribution is 7.50. The molecule has 31 heavy (non-hydrogen) atoms. The molecule has 12 heteroatoms. The summed E-state index contributed by atoms with van der Waals surface area (Å²) in [6.45, 7) is 5.94. The van der Waals surface area contributed by atoms with Gasteiger partial charge in [0, 0.05) is 5.92 Å². The fraction of sp³-hybridized carbons (Fsp3) is 0.632. The Morgan fingerprint density at radius 2 is 2.13 bits per heavy atom. The number of carboxylic acids is 1. The smallest absolute Gasteiger partial charge is 0.320 e. The van der Waals surface area contributed by atoms with Crippen LogP contribution < -0.4 is 10.8 Å². The number of imidazole rings is 1. The van der Waals surface area contributed by atoms with Crippen molar-refractivity contribution in [1.82, 2.24) is 24.6 Å². The number of anilines is 1. The van der Waals surface area contributed by atoms with Gasteiger partial charge in [0.15, 0.2) is 11.5 Å². The van der Waals surface area contributed by atoms with Crippen LogP contribution in [0.25, 0.3) is 11.2 Å². The molecule has 1 saturated carbocycles. The molecular formula is C19H30N7O4P. The number of nitrogens with one attached hydrogen (secondary N) is 1. The first-order valence-electron chi connectivity index (χ1n) is 10.4. The molecule has 0 aliphatic heterocycles. The van der Waals surface area contributed by atoms with Crippen LogP contribution in [0.5, 0.6) is 0 Å². The Morgan fingerprint density at radius 3 is 2.84 bits per heavy atom. The molecule has 11 nitrogen and oxygen atoms in total. The molecule has 0 radical (unpaired) electrons.